The van der Waals surface area contributed by atoms with Crippen LogP contribution in [0, 0.1) is 0 Å². The van der Waals surface area contributed by atoms with Gasteiger partial charge in [0.1, 0.15) is 11.5 Å². The molecule has 0 fully saturated rings. The van der Waals surface area contributed by atoms with E-state index in [2.05, 4.69) is 9.98 Å². The number of benzene rings is 3. The zero-order valence-corrected chi connectivity index (χ0v) is 25.3. The molecule has 0 bridgehead atoms. The maximum absolute atomic E-state index is 13.2. The molecule has 0 amide bonds. The molecule has 2 N–H and O–H groups in total. The standard InChI is InChI=1S/C26H22F6N2O2.2C2H4O2.Co/c1-3-15-9-19(25(27,28)29)11-17(23(15)35)13-33-21-5-7-22(8-6-21)34-14-18-12-20(26(30,31)32)10-16(4-2)24(18)36;2*1-2(3)4;/h5-14,35-36H,3-4H2,1-2H3;2*1H3,(H,3,4);/q;;;+2/p-2. The van der Waals surface area contributed by atoms with Crippen molar-refractivity contribution in [3.63, 3.8) is 0 Å². The van der Waals surface area contributed by atoms with E-state index in [4.69, 9.17) is 19.8 Å². The molecule has 0 saturated heterocycles. The number of carbonyl (C=O) groups excluding carboxylic acids is 2. The Hall–Kier alpha value is -4.37. The average Bonchev–Trinajstić information content (AvgIpc) is 2.90. The van der Waals surface area contributed by atoms with E-state index in [1.807, 2.05) is 0 Å². The summed E-state index contributed by atoms with van der Waals surface area (Å²) < 4.78 is 78.9. The Morgan fingerprint density at radius 3 is 1.18 bits per heavy atom. The molecular formula is C30H28CoF6N2O6. The molecule has 0 atom stereocenters. The van der Waals surface area contributed by atoms with Crippen LogP contribution in [0.4, 0.5) is 37.7 Å². The van der Waals surface area contributed by atoms with Crippen molar-refractivity contribution in [1.29, 1.82) is 0 Å². The van der Waals surface area contributed by atoms with E-state index in [-0.39, 0.29) is 63.4 Å². The molecule has 1 radical (unpaired) electrons. The van der Waals surface area contributed by atoms with Crippen molar-refractivity contribution in [2.45, 2.75) is 52.9 Å². The number of aromatic hydroxyl groups is 2. The first-order chi connectivity index (χ1) is 20.3. The number of phenolic OH excluding ortho intramolecular Hbond substituents is 2. The third-order valence-electron chi connectivity index (χ3n) is 5.41. The Balaban J connectivity index is 0.00000192. The second-order valence-electron chi connectivity index (χ2n) is 8.86. The number of carbonyl (C=O) groups is 2. The summed E-state index contributed by atoms with van der Waals surface area (Å²) in [6.45, 7) is 5.19. The Labute approximate surface area is 265 Å². The van der Waals surface area contributed by atoms with E-state index < -0.39 is 35.4 Å². The van der Waals surface area contributed by atoms with Gasteiger partial charge in [-0.15, -0.1) is 0 Å². The number of carboxylic acids is 2. The fourth-order valence-electron chi connectivity index (χ4n) is 3.41. The molecule has 0 spiro atoms. The minimum absolute atomic E-state index is 0. The van der Waals surface area contributed by atoms with Crippen LogP contribution in [-0.2, 0) is 51.6 Å². The Morgan fingerprint density at radius 2 is 0.956 bits per heavy atom. The normalized spacial score (nSPS) is 11.2. The molecule has 8 nitrogen and oxygen atoms in total. The van der Waals surface area contributed by atoms with Crippen LogP contribution in [0.15, 0.2) is 58.5 Å². The van der Waals surface area contributed by atoms with Crippen molar-refractivity contribution in [3.8, 4) is 11.5 Å². The summed E-state index contributed by atoms with van der Waals surface area (Å²) >= 11 is 0. The number of carboxylic acid groups (broad SMARTS) is 2. The van der Waals surface area contributed by atoms with E-state index in [1.165, 1.54) is 24.3 Å². The summed E-state index contributed by atoms with van der Waals surface area (Å²) in [6, 6.07) is 9.40. The second kappa shape index (κ2) is 17.8. The van der Waals surface area contributed by atoms with Crippen LogP contribution in [0.25, 0.3) is 0 Å². The monoisotopic (exact) mass is 685 g/mol. The zero-order chi connectivity index (χ0) is 33.8. The van der Waals surface area contributed by atoms with Gasteiger partial charge >= 0.3 is 29.1 Å². The van der Waals surface area contributed by atoms with Crippen LogP contribution in [0.3, 0.4) is 0 Å². The van der Waals surface area contributed by atoms with E-state index in [9.17, 15) is 36.6 Å². The van der Waals surface area contributed by atoms with Gasteiger partial charge in [-0.3, -0.25) is 9.98 Å². The molecular weight excluding hydrogens is 657 g/mol. The van der Waals surface area contributed by atoms with Crippen LogP contribution in [0.2, 0.25) is 0 Å². The third-order valence-corrected chi connectivity index (χ3v) is 5.41. The molecule has 3 aromatic rings. The quantitative estimate of drug-likeness (QED) is 0.267. The topological polar surface area (TPSA) is 145 Å². The first kappa shape index (κ1) is 40.6. The Kier molecular flexibility index (Phi) is 16.1. The molecule has 0 aliphatic heterocycles. The first-order valence-corrected chi connectivity index (χ1v) is 12.7. The van der Waals surface area contributed by atoms with Crippen molar-refractivity contribution in [1.82, 2.24) is 0 Å². The van der Waals surface area contributed by atoms with Crippen LogP contribution in [-0.4, -0.2) is 34.6 Å². The third kappa shape index (κ3) is 13.9. The smallest absolute Gasteiger partial charge is 0.550 e. The molecule has 245 valence electrons. The largest absolute Gasteiger partial charge is 2.00 e. The minimum Gasteiger partial charge on any atom is -0.550 e. The number of hydrogen-bond donors (Lipinski definition) is 2. The van der Waals surface area contributed by atoms with Gasteiger partial charge in [-0.05, 0) is 86.3 Å². The number of aryl methyl sites for hydroxylation is 2. The van der Waals surface area contributed by atoms with Gasteiger partial charge in [-0.2, -0.15) is 26.3 Å². The summed E-state index contributed by atoms with van der Waals surface area (Å²) in [5.41, 5.74) is -0.996. The number of aliphatic imine (C=N–C) groups is 2. The van der Waals surface area contributed by atoms with E-state index >= 15 is 0 Å². The van der Waals surface area contributed by atoms with Gasteiger partial charge in [0.2, 0.25) is 0 Å². The van der Waals surface area contributed by atoms with Gasteiger partial charge < -0.3 is 30.0 Å². The first-order valence-electron chi connectivity index (χ1n) is 12.7. The van der Waals surface area contributed by atoms with Gasteiger partial charge in [0.15, 0.2) is 0 Å². The summed E-state index contributed by atoms with van der Waals surface area (Å²) in [5, 5.41) is 38.3. The van der Waals surface area contributed by atoms with Crippen molar-refractivity contribution in [3.05, 3.63) is 81.9 Å². The van der Waals surface area contributed by atoms with E-state index in [0.717, 1.165) is 50.5 Å². The Bertz CT molecular complexity index is 1380. The molecule has 0 heterocycles. The van der Waals surface area contributed by atoms with Crippen molar-refractivity contribution < 1.29 is 73.1 Å². The second-order valence-corrected chi connectivity index (χ2v) is 8.86. The van der Waals surface area contributed by atoms with Crippen LogP contribution in [0.5, 0.6) is 11.5 Å². The fourth-order valence-corrected chi connectivity index (χ4v) is 3.41. The van der Waals surface area contributed by atoms with E-state index in [0.29, 0.717) is 11.4 Å². The van der Waals surface area contributed by atoms with Crippen molar-refractivity contribution in [2.75, 3.05) is 0 Å². The molecule has 3 aromatic carbocycles. The van der Waals surface area contributed by atoms with Gasteiger partial charge in [-0.25, -0.2) is 0 Å². The van der Waals surface area contributed by atoms with Gasteiger partial charge in [0, 0.05) is 35.5 Å². The maximum atomic E-state index is 13.2. The van der Waals surface area contributed by atoms with Gasteiger partial charge in [0.05, 0.1) is 22.5 Å². The fraction of sp³-hybridized carbons (Fsp3) is 0.267. The minimum atomic E-state index is -4.58. The molecule has 3 rings (SSSR count). The van der Waals surface area contributed by atoms with Gasteiger partial charge in [-0.1, -0.05) is 13.8 Å². The van der Waals surface area contributed by atoms with Crippen molar-refractivity contribution in [2.24, 2.45) is 9.98 Å². The number of aliphatic carboxylic acids is 2. The number of nitrogens with zero attached hydrogens (tertiary/aromatic N) is 2. The number of rotatable bonds is 6. The number of alkyl halides is 6. The molecule has 0 saturated carbocycles. The zero-order valence-electron chi connectivity index (χ0n) is 24.2. The molecule has 0 aromatic heterocycles. The van der Waals surface area contributed by atoms with E-state index in [1.54, 1.807) is 13.8 Å². The molecule has 45 heavy (non-hydrogen) atoms. The SMILES string of the molecule is CC(=O)[O-].CC(=O)[O-].CCc1cc(C(F)(F)F)cc(C=Nc2ccc(N=Cc3cc(C(F)(F)F)cc(CC)c3O)cc2)c1O.[Co+2]. The predicted octanol–water partition coefficient (Wildman–Crippen LogP) is 5.27. The molecule has 0 unspecified atom stereocenters. The van der Waals surface area contributed by atoms with Crippen LogP contribution < -0.4 is 10.2 Å². The average molecular weight is 685 g/mol. The van der Waals surface area contributed by atoms with Gasteiger partial charge in [0.25, 0.3) is 0 Å². The number of halogens is 6. The Morgan fingerprint density at radius 1 is 0.689 bits per heavy atom. The number of phenols is 2. The number of hydrogen-bond acceptors (Lipinski definition) is 8. The maximum Gasteiger partial charge on any atom is 2.00 e. The predicted molar refractivity (Wildman–Crippen MR) is 147 cm³/mol. The van der Waals surface area contributed by atoms with Crippen LogP contribution in [0.1, 0.15) is 61.1 Å². The summed E-state index contributed by atoms with van der Waals surface area (Å²) in [6.07, 6.45) is -6.52. The summed E-state index contributed by atoms with van der Waals surface area (Å²) in [5.74, 6) is -2.74. The van der Waals surface area contributed by atoms with Crippen LogP contribution >= 0.6 is 0 Å². The molecule has 15 heteroatoms. The molecule has 0 aliphatic rings. The molecule has 0 aliphatic carbocycles. The summed E-state index contributed by atoms with van der Waals surface area (Å²) in [7, 11) is 0. The summed E-state index contributed by atoms with van der Waals surface area (Å²) in [4.78, 5) is 26.0. The van der Waals surface area contributed by atoms with Crippen molar-refractivity contribution >= 4 is 35.7 Å².